The van der Waals surface area contributed by atoms with Crippen LogP contribution in [0.15, 0.2) is 11.8 Å². The van der Waals surface area contributed by atoms with Crippen LogP contribution in [0, 0.1) is 0 Å². The van der Waals surface area contributed by atoms with Crippen LogP contribution in [0.3, 0.4) is 0 Å². The summed E-state index contributed by atoms with van der Waals surface area (Å²) >= 11 is 17.7. The lowest BCUT2D eigenvalue weighted by Gasteiger charge is -2.07. The standard InChI is InChI=1S/C22H45Cl3Si2/c1-26(2,3)21-19-17-15-13-11-9-7-5-4-6-8-10-12-14-16-18-20-22-27(23,24)25/h19,21H,4-18,20,22H2,1-3H3. The second kappa shape index (κ2) is 17.9. The van der Waals surface area contributed by atoms with E-state index in [0.29, 0.717) is 0 Å². The summed E-state index contributed by atoms with van der Waals surface area (Å²) in [6.45, 7) is 7.21. The van der Waals surface area contributed by atoms with Gasteiger partial charge >= 0.3 is 6.00 Å². The quantitative estimate of drug-likeness (QED) is 0.0997. The highest BCUT2D eigenvalue weighted by atomic mass is 35.8. The van der Waals surface area contributed by atoms with Crippen LogP contribution in [0.4, 0.5) is 0 Å². The molecule has 0 amide bonds. The summed E-state index contributed by atoms with van der Waals surface area (Å²) in [5.41, 5.74) is 2.49. The van der Waals surface area contributed by atoms with Crippen molar-refractivity contribution in [2.75, 3.05) is 0 Å². The molecule has 0 unspecified atom stereocenters. The molecule has 0 aliphatic rings. The molecule has 0 bridgehead atoms. The summed E-state index contributed by atoms with van der Waals surface area (Å²) in [5, 5.41) is 0. The van der Waals surface area contributed by atoms with Crippen LogP contribution in [0.2, 0.25) is 25.7 Å². The van der Waals surface area contributed by atoms with E-state index in [-0.39, 0.29) is 0 Å². The van der Waals surface area contributed by atoms with Crippen LogP contribution in [-0.4, -0.2) is 14.1 Å². The number of allylic oxidation sites excluding steroid dienone is 1. The number of hydrogen-bond acceptors (Lipinski definition) is 0. The molecule has 0 saturated carbocycles. The second-order valence-electron chi connectivity index (χ2n) is 9.23. The molecule has 0 nitrogen and oxygen atoms in total. The predicted molar refractivity (Wildman–Crippen MR) is 134 cm³/mol. The molecule has 0 radical (unpaired) electrons. The topological polar surface area (TPSA) is 0 Å². The molecule has 0 atom stereocenters. The van der Waals surface area contributed by atoms with Gasteiger partial charge in [0.05, 0.1) is 8.07 Å². The molecule has 0 spiro atoms. The Bertz CT molecular complexity index is 346. The lowest BCUT2D eigenvalue weighted by Crippen LogP contribution is -2.15. The van der Waals surface area contributed by atoms with Gasteiger partial charge in [-0.15, -0.1) is 33.2 Å². The number of rotatable bonds is 19. The minimum absolute atomic E-state index is 0.827. The highest BCUT2D eigenvalue weighted by molar-refractivity contribution is 7.64. The van der Waals surface area contributed by atoms with Crippen LogP contribution in [0.5, 0.6) is 0 Å². The summed E-state index contributed by atoms with van der Waals surface area (Å²) in [6, 6.07) is -1.53. The van der Waals surface area contributed by atoms with Gasteiger partial charge in [0.15, 0.2) is 0 Å². The molecule has 5 heteroatoms. The Hall–Kier alpha value is 1.04. The molecule has 0 fully saturated rings. The average Bonchev–Trinajstić information content (AvgIpc) is 2.55. The van der Waals surface area contributed by atoms with Gasteiger partial charge in [-0.05, 0) is 18.9 Å². The van der Waals surface area contributed by atoms with E-state index in [9.17, 15) is 0 Å². The van der Waals surface area contributed by atoms with E-state index in [1.807, 2.05) is 0 Å². The Morgan fingerprint density at radius 3 is 1.19 bits per heavy atom. The molecule has 27 heavy (non-hydrogen) atoms. The summed E-state index contributed by atoms with van der Waals surface area (Å²) in [4.78, 5) is 0. The average molecular weight is 472 g/mol. The van der Waals surface area contributed by atoms with Crippen LogP contribution in [0.1, 0.15) is 103 Å². The molecule has 0 N–H and O–H groups in total. The molecule has 0 aromatic rings. The van der Waals surface area contributed by atoms with Crippen molar-refractivity contribution >= 4 is 47.3 Å². The van der Waals surface area contributed by atoms with Gasteiger partial charge < -0.3 is 0 Å². The lowest BCUT2D eigenvalue weighted by molar-refractivity contribution is 0.533. The number of hydrogen-bond donors (Lipinski definition) is 0. The molecule has 0 aromatic heterocycles. The van der Waals surface area contributed by atoms with E-state index in [2.05, 4.69) is 31.4 Å². The summed E-state index contributed by atoms with van der Waals surface area (Å²) in [7, 11) is -0.967. The van der Waals surface area contributed by atoms with Crippen molar-refractivity contribution in [3.63, 3.8) is 0 Å². The van der Waals surface area contributed by atoms with E-state index in [1.54, 1.807) is 0 Å². The van der Waals surface area contributed by atoms with Gasteiger partial charge in [-0.3, -0.25) is 0 Å². The smallest absolute Gasteiger partial charge is 0.126 e. The van der Waals surface area contributed by atoms with E-state index in [0.717, 1.165) is 12.5 Å². The van der Waals surface area contributed by atoms with Crippen LogP contribution < -0.4 is 0 Å². The summed E-state index contributed by atoms with van der Waals surface area (Å²) in [6.07, 6.45) is 24.3. The molecule has 0 heterocycles. The molecule has 0 aliphatic heterocycles. The Labute approximate surface area is 187 Å². The van der Waals surface area contributed by atoms with E-state index in [1.165, 1.54) is 96.3 Å². The molecule has 0 rings (SSSR count). The third-order valence-corrected chi connectivity index (χ3v) is 8.81. The van der Waals surface area contributed by atoms with Crippen molar-refractivity contribution in [2.24, 2.45) is 0 Å². The first kappa shape index (κ1) is 28.0. The zero-order valence-electron chi connectivity index (χ0n) is 18.3. The first-order chi connectivity index (χ1) is 12.7. The maximum absolute atomic E-state index is 5.89. The minimum Gasteiger partial charge on any atom is -0.126 e. The molecule has 162 valence electrons. The largest absolute Gasteiger partial charge is 0.341 e. The fourth-order valence-electron chi connectivity index (χ4n) is 3.32. The van der Waals surface area contributed by atoms with Crippen molar-refractivity contribution in [3.05, 3.63) is 11.8 Å². The maximum Gasteiger partial charge on any atom is 0.341 e. The van der Waals surface area contributed by atoms with Crippen LogP contribution in [-0.2, 0) is 0 Å². The normalized spacial score (nSPS) is 13.0. The third kappa shape index (κ3) is 27.0. The fourth-order valence-corrected chi connectivity index (χ4v) is 6.05. The van der Waals surface area contributed by atoms with Gasteiger partial charge in [0.1, 0.15) is 0 Å². The third-order valence-electron chi connectivity index (χ3n) is 4.95. The highest BCUT2D eigenvalue weighted by Gasteiger charge is 2.23. The van der Waals surface area contributed by atoms with Crippen molar-refractivity contribution in [2.45, 2.75) is 128 Å². The molecule has 0 aliphatic carbocycles. The predicted octanol–water partition coefficient (Wildman–Crippen LogP) is 10.3. The number of unbranched alkanes of at least 4 members (excludes halogenated alkanes) is 15. The summed E-state index contributed by atoms with van der Waals surface area (Å²) < 4.78 is 0. The van der Waals surface area contributed by atoms with Crippen molar-refractivity contribution < 1.29 is 0 Å². The zero-order valence-corrected chi connectivity index (χ0v) is 22.6. The number of halogens is 3. The molecular weight excluding hydrogens is 427 g/mol. The maximum atomic E-state index is 5.89. The molecule has 0 saturated heterocycles. The van der Waals surface area contributed by atoms with Crippen molar-refractivity contribution in [1.29, 1.82) is 0 Å². The summed E-state index contributed by atoms with van der Waals surface area (Å²) in [5.74, 6) is 0. The zero-order chi connectivity index (χ0) is 20.4. The minimum atomic E-state index is -2.36. The van der Waals surface area contributed by atoms with Gasteiger partial charge in [-0.2, -0.15) is 0 Å². The lowest BCUT2D eigenvalue weighted by atomic mass is 10.0. The van der Waals surface area contributed by atoms with Crippen LogP contribution in [0.25, 0.3) is 0 Å². The van der Waals surface area contributed by atoms with E-state index >= 15 is 0 Å². The van der Waals surface area contributed by atoms with Gasteiger partial charge in [0, 0.05) is 0 Å². The van der Waals surface area contributed by atoms with Gasteiger partial charge in [-0.1, -0.05) is 121 Å². The SMILES string of the molecule is C[Si](C)(C)C=CCCCCCCCCCCCCCCCCC[Si](Cl)(Cl)Cl. The van der Waals surface area contributed by atoms with Gasteiger partial charge in [0.2, 0.25) is 0 Å². The monoisotopic (exact) mass is 470 g/mol. The fraction of sp³-hybridized carbons (Fsp3) is 0.909. The van der Waals surface area contributed by atoms with E-state index < -0.39 is 14.1 Å². The first-order valence-corrected chi connectivity index (χ1v) is 20.3. The molecular formula is C22H45Cl3Si2. The molecule has 0 aromatic carbocycles. The Morgan fingerprint density at radius 1 is 0.519 bits per heavy atom. The first-order valence-electron chi connectivity index (χ1n) is 11.5. The van der Waals surface area contributed by atoms with Crippen molar-refractivity contribution in [3.8, 4) is 0 Å². The Balaban J connectivity index is 3.12. The van der Waals surface area contributed by atoms with Crippen LogP contribution >= 0.6 is 33.2 Å². The highest BCUT2D eigenvalue weighted by Crippen LogP contribution is 2.27. The van der Waals surface area contributed by atoms with Crippen molar-refractivity contribution in [1.82, 2.24) is 0 Å². The Morgan fingerprint density at radius 2 is 0.852 bits per heavy atom. The van der Waals surface area contributed by atoms with Gasteiger partial charge in [0.25, 0.3) is 0 Å². The Kier molecular flexibility index (Phi) is 18.6. The van der Waals surface area contributed by atoms with E-state index in [4.69, 9.17) is 33.2 Å². The van der Waals surface area contributed by atoms with Gasteiger partial charge in [-0.25, -0.2) is 0 Å². The second-order valence-corrected chi connectivity index (χ2v) is 23.6.